The molecule has 5 nitrogen and oxygen atoms in total. The lowest BCUT2D eigenvalue weighted by atomic mass is 10.1. The normalized spacial score (nSPS) is 13.5. The van der Waals surface area contributed by atoms with Gasteiger partial charge in [0.2, 0.25) is 0 Å². The van der Waals surface area contributed by atoms with Gasteiger partial charge in [-0.3, -0.25) is 4.90 Å². The molecule has 0 saturated heterocycles. The number of para-hydroxylation sites is 1. The van der Waals surface area contributed by atoms with E-state index in [9.17, 15) is 9.90 Å². The quantitative estimate of drug-likeness (QED) is 0.472. The van der Waals surface area contributed by atoms with Crippen LogP contribution in [0.15, 0.2) is 18.2 Å². The summed E-state index contributed by atoms with van der Waals surface area (Å²) in [6, 6.07) is 5.88. The Morgan fingerprint density at radius 1 is 0.897 bits per heavy atom. The highest BCUT2D eigenvalue weighted by molar-refractivity contribution is 6.74. The number of rotatable bonds is 7. The summed E-state index contributed by atoms with van der Waals surface area (Å²) >= 11 is 0. The Hall–Kier alpha value is -1.16. The van der Waals surface area contributed by atoms with Gasteiger partial charge >= 0.3 is 6.09 Å². The average Bonchev–Trinajstić information content (AvgIpc) is 2.55. The first-order valence-corrected chi connectivity index (χ1v) is 16.1. The Labute approximate surface area is 179 Å². The minimum atomic E-state index is -1.95. The van der Waals surface area contributed by atoms with Crippen molar-refractivity contribution in [3.8, 4) is 0 Å². The molecule has 1 amide bonds. The summed E-state index contributed by atoms with van der Waals surface area (Å²) in [5, 5.41) is 9.85. The van der Waals surface area contributed by atoms with Gasteiger partial charge in [0, 0.05) is 18.2 Å². The van der Waals surface area contributed by atoms with Gasteiger partial charge in [-0.05, 0) is 36.3 Å². The van der Waals surface area contributed by atoms with E-state index in [4.69, 9.17) is 8.85 Å². The Morgan fingerprint density at radius 2 is 1.24 bits per heavy atom. The van der Waals surface area contributed by atoms with Crippen LogP contribution < -0.4 is 4.90 Å². The molecule has 1 N–H and O–H groups in total. The number of carboxylic acid groups (broad SMARTS) is 1. The molecule has 0 aliphatic carbocycles. The fourth-order valence-corrected chi connectivity index (χ4v) is 4.25. The lowest BCUT2D eigenvalue weighted by Crippen LogP contribution is -2.41. The van der Waals surface area contributed by atoms with Crippen molar-refractivity contribution < 1.29 is 18.8 Å². The van der Waals surface area contributed by atoms with E-state index in [2.05, 4.69) is 67.7 Å². The van der Waals surface area contributed by atoms with Crippen LogP contribution in [0, 0.1) is 0 Å². The van der Waals surface area contributed by atoms with E-state index in [1.165, 1.54) is 4.90 Å². The maximum atomic E-state index is 11.8. The van der Waals surface area contributed by atoms with Crippen molar-refractivity contribution in [1.29, 1.82) is 0 Å². The van der Waals surface area contributed by atoms with Gasteiger partial charge in [-0.15, -0.1) is 0 Å². The average molecular weight is 440 g/mol. The molecule has 1 aromatic carbocycles. The van der Waals surface area contributed by atoms with Crippen molar-refractivity contribution in [2.75, 3.05) is 11.9 Å². The molecule has 0 bridgehead atoms. The van der Waals surface area contributed by atoms with E-state index >= 15 is 0 Å². The number of hydrogen-bond donors (Lipinski definition) is 1. The summed E-state index contributed by atoms with van der Waals surface area (Å²) in [7, 11) is -2.32. The first-order chi connectivity index (χ1) is 12.9. The largest absolute Gasteiger partial charge is 0.465 e. The van der Waals surface area contributed by atoms with Gasteiger partial charge in [-0.2, -0.15) is 0 Å². The molecule has 0 aromatic heterocycles. The second-order valence-electron chi connectivity index (χ2n) is 10.9. The number of anilines is 1. The highest BCUT2D eigenvalue weighted by Gasteiger charge is 2.38. The number of carbonyl (C=O) groups is 1. The first kappa shape index (κ1) is 25.9. The third kappa shape index (κ3) is 6.41. The summed E-state index contributed by atoms with van der Waals surface area (Å²) in [6.45, 7) is 22.8. The lowest BCUT2D eigenvalue weighted by Gasteiger charge is -2.37. The summed E-state index contributed by atoms with van der Waals surface area (Å²) in [6.07, 6.45) is -0.988. The SMILES string of the molecule is CN(C(=O)O)c1c(CO[Si](C)(C)C(C)(C)C)cccc1CO[Si](C)(C)C(C)(C)C. The van der Waals surface area contributed by atoms with Crippen LogP contribution in [-0.2, 0) is 22.1 Å². The second kappa shape index (κ2) is 8.92. The fourth-order valence-electron chi connectivity index (χ4n) is 2.35. The summed E-state index contributed by atoms with van der Waals surface area (Å²) < 4.78 is 12.8. The molecule has 0 heterocycles. The Kier molecular flexibility index (Phi) is 7.96. The van der Waals surface area contributed by atoms with Crippen molar-refractivity contribution in [3.63, 3.8) is 0 Å². The first-order valence-electron chi connectivity index (χ1n) is 10.3. The van der Waals surface area contributed by atoms with Crippen molar-refractivity contribution >= 4 is 28.4 Å². The van der Waals surface area contributed by atoms with Crippen LogP contribution >= 0.6 is 0 Å². The number of hydrogen-bond acceptors (Lipinski definition) is 3. The monoisotopic (exact) mass is 439 g/mol. The van der Waals surface area contributed by atoms with Crippen LogP contribution in [0.4, 0.5) is 10.5 Å². The molecule has 0 spiro atoms. The minimum absolute atomic E-state index is 0.0922. The zero-order chi connectivity index (χ0) is 22.8. The molecule has 0 radical (unpaired) electrons. The molecule has 1 aromatic rings. The highest BCUT2D eigenvalue weighted by atomic mass is 28.4. The van der Waals surface area contributed by atoms with Crippen molar-refractivity contribution in [2.24, 2.45) is 0 Å². The zero-order valence-electron chi connectivity index (χ0n) is 20.3. The van der Waals surface area contributed by atoms with Gasteiger partial charge < -0.3 is 14.0 Å². The van der Waals surface area contributed by atoms with Crippen LogP contribution in [-0.4, -0.2) is 34.9 Å². The van der Waals surface area contributed by atoms with Gasteiger partial charge in [0.15, 0.2) is 16.6 Å². The van der Waals surface area contributed by atoms with E-state index in [-0.39, 0.29) is 10.1 Å². The van der Waals surface area contributed by atoms with E-state index in [1.54, 1.807) is 7.05 Å². The van der Waals surface area contributed by atoms with Crippen LogP contribution in [0.3, 0.4) is 0 Å². The molecule has 166 valence electrons. The fraction of sp³-hybridized carbons (Fsp3) is 0.682. The predicted molar refractivity (Wildman–Crippen MR) is 127 cm³/mol. The molecule has 0 aliphatic heterocycles. The Morgan fingerprint density at radius 3 is 1.52 bits per heavy atom. The third-order valence-corrected chi connectivity index (χ3v) is 15.6. The summed E-state index contributed by atoms with van der Waals surface area (Å²) in [4.78, 5) is 13.1. The van der Waals surface area contributed by atoms with Crippen molar-refractivity contribution in [1.82, 2.24) is 0 Å². The van der Waals surface area contributed by atoms with Crippen LogP contribution in [0.5, 0.6) is 0 Å². The van der Waals surface area contributed by atoms with Gasteiger partial charge in [0.25, 0.3) is 0 Å². The molecular weight excluding hydrogens is 398 g/mol. The summed E-state index contributed by atoms with van der Waals surface area (Å²) in [5.41, 5.74) is 2.45. The van der Waals surface area contributed by atoms with Gasteiger partial charge in [0.05, 0.1) is 18.9 Å². The maximum Gasteiger partial charge on any atom is 0.411 e. The van der Waals surface area contributed by atoms with Crippen LogP contribution in [0.2, 0.25) is 36.3 Å². The van der Waals surface area contributed by atoms with Crippen LogP contribution in [0.25, 0.3) is 0 Å². The van der Waals surface area contributed by atoms with Gasteiger partial charge in [-0.25, -0.2) is 4.79 Å². The molecule has 0 saturated carbocycles. The second-order valence-corrected chi connectivity index (χ2v) is 20.5. The van der Waals surface area contributed by atoms with Crippen molar-refractivity contribution in [2.45, 2.75) is 91.0 Å². The van der Waals surface area contributed by atoms with E-state index < -0.39 is 22.7 Å². The highest BCUT2D eigenvalue weighted by Crippen LogP contribution is 2.39. The molecule has 0 fully saturated rings. The summed E-state index contributed by atoms with van der Waals surface area (Å²) in [5.74, 6) is 0. The molecule has 0 aliphatic rings. The molecule has 0 atom stereocenters. The minimum Gasteiger partial charge on any atom is -0.465 e. The Balaban J connectivity index is 3.25. The molecule has 0 unspecified atom stereocenters. The maximum absolute atomic E-state index is 11.8. The predicted octanol–water partition coefficient (Wildman–Crippen LogP) is 6.84. The molecule has 7 heteroatoms. The number of amides is 1. The van der Waals surface area contributed by atoms with Gasteiger partial charge in [0.1, 0.15) is 0 Å². The third-order valence-electron chi connectivity index (χ3n) is 6.61. The topological polar surface area (TPSA) is 59.0 Å². The van der Waals surface area contributed by atoms with E-state index in [1.807, 2.05) is 18.2 Å². The standard InChI is InChI=1S/C22H41NO4Si2/c1-21(2,3)28(8,9)26-15-17-13-12-14-18(19(17)23(7)20(24)25)16-27-29(10,11)22(4,5)6/h12-14H,15-16H2,1-11H3,(H,24,25). The molecule has 29 heavy (non-hydrogen) atoms. The van der Waals surface area contributed by atoms with E-state index in [0.717, 1.165) is 11.1 Å². The van der Waals surface area contributed by atoms with Gasteiger partial charge in [-0.1, -0.05) is 59.7 Å². The van der Waals surface area contributed by atoms with Crippen LogP contribution in [0.1, 0.15) is 52.7 Å². The smallest absolute Gasteiger partial charge is 0.411 e. The Bertz CT molecular complexity index is 670. The van der Waals surface area contributed by atoms with E-state index in [0.29, 0.717) is 18.9 Å². The molecular formula is C22H41NO4Si2. The van der Waals surface area contributed by atoms with Crippen molar-refractivity contribution in [3.05, 3.63) is 29.3 Å². The lowest BCUT2D eigenvalue weighted by molar-refractivity contribution is 0.203. The number of benzene rings is 1. The molecule has 1 rings (SSSR count). The number of nitrogens with zero attached hydrogens (tertiary/aromatic N) is 1. The zero-order valence-corrected chi connectivity index (χ0v) is 22.3.